The van der Waals surface area contributed by atoms with E-state index in [2.05, 4.69) is 4.98 Å². The Hall–Kier alpha value is -2.21. The van der Waals surface area contributed by atoms with Gasteiger partial charge in [0.15, 0.2) is 11.6 Å². The molecule has 0 bridgehead atoms. The van der Waals surface area contributed by atoms with Crippen molar-refractivity contribution in [2.75, 3.05) is 0 Å². The van der Waals surface area contributed by atoms with Gasteiger partial charge in [0.2, 0.25) is 5.88 Å². The van der Waals surface area contributed by atoms with E-state index in [1.165, 1.54) is 6.07 Å². The van der Waals surface area contributed by atoms with Crippen molar-refractivity contribution >= 4 is 17.6 Å². The van der Waals surface area contributed by atoms with Crippen molar-refractivity contribution in [3.8, 4) is 11.6 Å². The molecule has 1 heterocycles. The van der Waals surface area contributed by atoms with E-state index in [4.69, 9.17) is 21.4 Å². The van der Waals surface area contributed by atoms with E-state index in [0.717, 1.165) is 18.3 Å². The molecule has 1 aromatic carbocycles. The first-order valence-electron chi connectivity index (χ1n) is 4.99. The van der Waals surface area contributed by atoms with Crippen molar-refractivity contribution in [2.24, 2.45) is 0 Å². The number of rotatable bonds is 3. The van der Waals surface area contributed by atoms with Crippen molar-refractivity contribution in [1.82, 2.24) is 4.98 Å². The van der Waals surface area contributed by atoms with Gasteiger partial charge in [-0.15, -0.1) is 0 Å². The fourth-order valence-electron chi connectivity index (χ4n) is 1.32. The smallest absolute Gasteiger partial charge is 0.337 e. The fourth-order valence-corrected chi connectivity index (χ4v) is 1.55. The molecule has 0 saturated carbocycles. The van der Waals surface area contributed by atoms with Crippen LogP contribution in [-0.2, 0) is 0 Å². The monoisotopic (exact) mass is 285 g/mol. The third-order valence-electron chi connectivity index (χ3n) is 2.19. The minimum atomic E-state index is -1.27. The molecule has 0 spiro atoms. The zero-order chi connectivity index (χ0) is 14.0. The molecule has 19 heavy (non-hydrogen) atoms. The molecule has 0 radical (unpaired) electrons. The third kappa shape index (κ3) is 2.79. The number of aromatic nitrogens is 1. The predicted molar refractivity (Wildman–Crippen MR) is 62.6 cm³/mol. The lowest BCUT2D eigenvalue weighted by molar-refractivity contribution is 0.0696. The molecule has 1 aromatic heterocycles. The Morgan fingerprint density at radius 3 is 2.68 bits per heavy atom. The molecule has 0 saturated heterocycles. The molecule has 0 unspecified atom stereocenters. The summed E-state index contributed by atoms with van der Waals surface area (Å²) in [6.45, 7) is 0. The van der Waals surface area contributed by atoms with Crippen LogP contribution in [0.3, 0.4) is 0 Å². The van der Waals surface area contributed by atoms with Gasteiger partial charge in [-0.2, -0.15) is 0 Å². The number of carboxylic acid groups (broad SMARTS) is 1. The highest BCUT2D eigenvalue weighted by molar-refractivity contribution is 6.34. The molecule has 0 amide bonds. The van der Waals surface area contributed by atoms with Gasteiger partial charge in [0.05, 0.1) is 5.56 Å². The van der Waals surface area contributed by atoms with Gasteiger partial charge in [-0.1, -0.05) is 11.6 Å². The highest BCUT2D eigenvalue weighted by Crippen LogP contribution is 2.31. The lowest BCUT2D eigenvalue weighted by Gasteiger charge is -2.08. The maximum Gasteiger partial charge on any atom is 0.337 e. The zero-order valence-corrected chi connectivity index (χ0v) is 9.99. The minimum absolute atomic E-state index is 0.228. The number of benzene rings is 1. The van der Waals surface area contributed by atoms with Crippen molar-refractivity contribution in [3.05, 3.63) is 52.7 Å². The van der Waals surface area contributed by atoms with Gasteiger partial charge in [-0.3, -0.25) is 0 Å². The first-order valence-corrected chi connectivity index (χ1v) is 5.37. The van der Waals surface area contributed by atoms with Crippen LogP contribution in [-0.4, -0.2) is 16.1 Å². The predicted octanol–water partition coefficient (Wildman–Crippen LogP) is 3.50. The molecule has 0 aliphatic carbocycles. The van der Waals surface area contributed by atoms with Gasteiger partial charge in [0, 0.05) is 12.3 Å². The Balaban J connectivity index is 2.38. The van der Waals surface area contributed by atoms with Gasteiger partial charge >= 0.3 is 5.97 Å². The lowest BCUT2D eigenvalue weighted by atomic mass is 10.2. The Bertz CT molecular complexity index is 649. The maximum absolute atomic E-state index is 13.4. The number of carboxylic acids is 1. The molecule has 0 aliphatic heterocycles. The summed E-state index contributed by atoms with van der Waals surface area (Å²) in [5.41, 5.74) is -0.228. The number of nitrogens with zero attached hydrogens (tertiary/aromatic N) is 1. The summed E-state index contributed by atoms with van der Waals surface area (Å²) in [6.07, 6.45) is 1.16. The van der Waals surface area contributed by atoms with Crippen LogP contribution in [0.15, 0.2) is 30.5 Å². The first kappa shape index (κ1) is 13.2. The Morgan fingerprint density at radius 2 is 2.05 bits per heavy atom. The molecular weight excluding hydrogens is 280 g/mol. The average Bonchev–Trinajstić information content (AvgIpc) is 2.34. The number of aromatic carboxylic acids is 1. The molecule has 0 atom stereocenters. The number of ether oxygens (including phenoxy) is 1. The highest BCUT2D eigenvalue weighted by atomic mass is 35.5. The molecule has 7 heteroatoms. The molecular formula is C12H6ClF2NO3. The van der Waals surface area contributed by atoms with Crippen LogP contribution in [0.5, 0.6) is 11.6 Å². The van der Waals surface area contributed by atoms with Gasteiger partial charge < -0.3 is 9.84 Å². The quantitative estimate of drug-likeness (QED) is 0.937. The molecule has 98 valence electrons. The van der Waals surface area contributed by atoms with Crippen LogP contribution in [0.4, 0.5) is 8.78 Å². The second-order valence-corrected chi connectivity index (χ2v) is 3.84. The van der Waals surface area contributed by atoms with Crippen LogP contribution in [0.25, 0.3) is 0 Å². The lowest BCUT2D eigenvalue weighted by Crippen LogP contribution is -2.00. The van der Waals surface area contributed by atoms with Crippen molar-refractivity contribution < 1.29 is 23.4 Å². The Morgan fingerprint density at radius 1 is 1.32 bits per heavy atom. The van der Waals surface area contributed by atoms with Crippen molar-refractivity contribution in [2.45, 2.75) is 0 Å². The van der Waals surface area contributed by atoms with Crippen LogP contribution in [0.1, 0.15) is 10.4 Å². The van der Waals surface area contributed by atoms with E-state index in [-0.39, 0.29) is 22.2 Å². The second kappa shape index (κ2) is 5.19. The Kier molecular flexibility index (Phi) is 3.62. The summed E-state index contributed by atoms with van der Waals surface area (Å²) in [4.78, 5) is 14.5. The van der Waals surface area contributed by atoms with Crippen molar-refractivity contribution in [3.63, 3.8) is 0 Å². The van der Waals surface area contributed by atoms with Crippen LogP contribution in [0.2, 0.25) is 5.02 Å². The molecule has 0 aliphatic rings. The molecule has 4 nitrogen and oxygen atoms in total. The molecule has 0 fully saturated rings. The summed E-state index contributed by atoms with van der Waals surface area (Å²) in [5, 5.41) is 8.59. The zero-order valence-electron chi connectivity index (χ0n) is 9.23. The number of hydrogen-bond acceptors (Lipinski definition) is 3. The second-order valence-electron chi connectivity index (χ2n) is 3.46. The van der Waals surface area contributed by atoms with Gasteiger partial charge in [-0.05, 0) is 18.2 Å². The van der Waals surface area contributed by atoms with Gasteiger partial charge in [0.1, 0.15) is 10.8 Å². The van der Waals surface area contributed by atoms with Gasteiger partial charge in [0.25, 0.3) is 0 Å². The maximum atomic E-state index is 13.4. The number of hydrogen-bond donors (Lipinski definition) is 1. The van der Waals surface area contributed by atoms with E-state index in [0.29, 0.717) is 6.07 Å². The number of pyridine rings is 1. The number of halogens is 3. The standard InChI is InChI=1S/C12H6ClF2NO3/c13-10-7(12(17)18)3-4-16-11(10)19-9-2-1-6(14)5-8(9)15/h1-5H,(H,17,18). The summed E-state index contributed by atoms with van der Waals surface area (Å²) in [5.74, 6) is -3.55. The van der Waals surface area contributed by atoms with E-state index in [1.54, 1.807) is 0 Å². The molecule has 2 aromatic rings. The van der Waals surface area contributed by atoms with Gasteiger partial charge in [-0.25, -0.2) is 18.6 Å². The van der Waals surface area contributed by atoms with E-state index in [1.807, 2.05) is 0 Å². The van der Waals surface area contributed by atoms with E-state index < -0.39 is 17.6 Å². The first-order chi connectivity index (χ1) is 8.99. The highest BCUT2D eigenvalue weighted by Gasteiger charge is 2.16. The van der Waals surface area contributed by atoms with Crippen LogP contribution < -0.4 is 4.74 Å². The molecule has 2 rings (SSSR count). The van der Waals surface area contributed by atoms with Crippen LogP contribution >= 0.6 is 11.6 Å². The van der Waals surface area contributed by atoms with E-state index in [9.17, 15) is 13.6 Å². The molecule has 1 N–H and O–H groups in total. The summed E-state index contributed by atoms with van der Waals surface area (Å²) < 4.78 is 31.1. The summed E-state index contributed by atoms with van der Waals surface area (Å²) >= 11 is 5.77. The van der Waals surface area contributed by atoms with Crippen molar-refractivity contribution in [1.29, 1.82) is 0 Å². The summed E-state index contributed by atoms with van der Waals surface area (Å²) in [7, 11) is 0. The third-order valence-corrected chi connectivity index (χ3v) is 2.55. The topological polar surface area (TPSA) is 59.4 Å². The van der Waals surface area contributed by atoms with E-state index >= 15 is 0 Å². The minimum Gasteiger partial charge on any atom is -0.478 e. The summed E-state index contributed by atoms with van der Waals surface area (Å²) in [6, 6.07) is 3.85. The fraction of sp³-hybridized carbons (Fsp3) is 0. The van der Waals surface area contributed by atoms with Crippen LogP contribution in [0, 0.1) is 11.6 Å². The average molecular weight is 286 g/mol. The SMILES string of the molecule is O=C(O)c1ccnc(Oc2ccc(F)cc2F)c1Cl. The normalized spacial score (nSPS) is 10.3. The largest absolute Gasteiger partial charge is 0.478 e. The number of carbonyl (C=O) groups is 1. The Labute approximate surface area is 111 Å².